The molecule has 2 N–H and O–H groups in total. The molecule has 0 aromatic carbocycles. The molecule has 4 nitrogen and oxygen atoms in total. The maximum atomic E-state index is 12.0. The minimum Gasteiger partial charge on any atom is -0.324 e. The molecule has 0 amide bonds. The Bertz CT molecular complexity index is 277. The van der Waals surface area contributed by atoms with E-state index in [0.29, 0.717) is 0 Å². The number of alkyl halides is 3. The lowest BCUT2D eigenvalue weighted by Gasteiger charge is -2.04. The van der Waals surface area contributed by atoms with Crippen molar-refractivity contribution in [3.63, 3.8) is 0 Å². The molecule has 1 aromatic rings. The van der Waals surface area contributed by atoms with Gasteiger partial charge in [-0.05, 0) is 0 Å². The van der Waals surface area contributed by atoms with E-state index in [-0.39, 0.29) is 12.4 Å². The molecule has 7 heteroatoms. The molecule has 0 saturated heterocycles. The zero-order valence-corrected chi connectivity index (χ0v) is 6.26. The smallest absolute Gasteiger partial charge is 0.324 e. The van der Waals surface area contributed by atoms with E-state index >= 15 is 0 Å². The van der Waals surface area contributed by atoms with Crippen LogP contribution in [0.15, 0.2) is 0 Å². The number of nitrogens with zero attached hydrogens (tertiary/aromatic N) is 3. The first-order valence-electron chi connectivity index (χ1n) is 3.12. The van der Waals surface area contributed by atoms with Crippen molar-refractivity contribution in [2.24, 2.45) is 12.8 Å². The maximum Gasteiger partial charge on any atom is 0.451 e. The van der Waals surface area contributed by atoms with E-state index < -0.39 is 12.0 Å². The van der Waals surface area contributed by atoms with Gasteiger partial charge in [0.1, 0.15) is 5.82 Å². The van der Waals surface area contributed by atoms with E-state index in [4.69, 9.17) is 5.73 Å². The number of nitrogens with two attached hydrogens (primary N) is 1. The van der Waals surface area contributed by atoms with Gasteiger partial charge in [-0.1, -0.05) is 0 Å². The number of hydrogen-bond donors (Lipinski definition) is 1. The topological polar surface area (TPSA) is 56.7 Å². The largest absolute Gasteiger partial charge is 0.451 e. The summed E-state index contributed by atoms with van der Waals surface area (Å²) in [6.07, 6.45) is -4.46. The Kier molecular flexibility index (Phi) is 2.05. The molecule has 68 valence electrons. The van der Waals surface area contributed by atoms with Crippen LogP contribution < -0.4 is 5.73 Å². The molecule has 0 spiro atoms. The van der Waals surface area contributed by atoms with Gasteiger partial charge in [0, 0.05) is 7.05 Å². The fourth-order valence-corrected chi connectivity index (χ4v) is 0.786. The molecule has 0 aliphatic carbocycles. The fraction of sp³-hybridized carbons (Fsp3) is 0.600. The average Bonchev–Trinajstić information content (AvgIpc) is 2.29. The molecule has 0 radical (unpaired) electrons. The first-order chi connectivity index (χ1) is 5.46. The zero-order chi connectivity index (χ0) is 9.35. The third kappa shape index (κ3) is 1.40. The number of aromatic nitrogens is 3. The van der Waals surface area contributed by atoms with Crippen molar-refractivity contribution >= 4 is 0 Å². The Labute approximate surface area is 66.2 Å². The Balaban J connectivity index is 3.11. The van der Waals surface area contributed by atoms with E-state index in [1.54, 1.807) is 0 Å². The van der Waals surface area contributed by atoms with Crippen LogP contribution in [0, 0.1) is 0 Å². The number of rotatable bonds is 1. The molecule has 0 atom stereocenters. The van der Waals surface area contributed by atoms with Gasteiger partial charge in [0.25, 0.3) is 0 Å². The summed E-state index contributed by atoms with van der Waals surface area (Å²) < 4.78 is 36.9. The van der Waals surface area contributed by atoms with Crippen LogP contribution in [0.2, 0.25) is 0 Å². The summed E-state index contributed by atoms with van der Waals surface area (Å²) in [6.45, 7) is -0.0560. The lowest BCUT2D eigenvalue weighted by Crippen LogP contribution is -2.14. The first-order valence-corrected chi connectivity index (χ1v) is 3.12. The molecule has 0 saturated carbocycles. The van der Waals surface area contributed by atoms with Crippen LogP contribution in [-0.4, -0.2) is 14.8 Å². The van der Waals surface area contributed by atoms with E-state index in [1.165, 1.54) is 7.05 Å². The highest BCUT2D eigenvalue weighted by atomic mass is 19.4. The van der Waals surface area contributed by atoms with Crippen LogP contribution in [0.5, 0.6) is 0 Å². The zero-order valence-electron chi connectivity index (χ0n) is 6.26. The summed E-state index contributed by atoms with van der Waals surface area (Å²) in [4.78, 5) is 0. The van der Waals surface area contributed by atoms with Crippen molar-refractivity contribution in [3.8, 4) is 0 Å². The van der Waals surface area contributed by atoms with E-state index in [9.17, 15) is 13.2 Å². The fourth-order valence-electron chi connectivity index (χ4n) is 0.786. The normalized spacial score (nSPS) is 12.1. The minimum absolute atomic E-state index is 0.0560. The Morgan fingerprint density at radius 1 is 1.42 bits per heavy atom. The Morgan fingerprint density at radius 3 is 2.25 bits per heavy atom. The summed E-state index contributed by atoms with van der Waals surface area (Å²) in [5.41, 5.74) is 5.12. The molecule has 1 rings (SSSR count). The van der Waals surface area contributed by atoms with Gasteiger partial charge in [0.2, 0.25) is 5.82 Å². The van der Waals surface area contributed by atoms with E-state index in [1.807, 2.05) is 0 Å². The molecule has 0 unspecified atom stereocenters. The van der Waals surface area contributed by atoms with Gasteiger partial charge in [-0.3, -0.25) is 0 Å². The lowest BCUT2D eigenvalue weighted by molar-refractivity contribution is -0.147. The predicted octanol–water partition coefficient (Wildman–Crippen LogP) is 0.293. The van der Waals surface area contributed by atoms with Crippen molar-refractivity contribution in [2.45, 2.75) is 12.7 Å². The van der Waals surface area contributed by atoms with Crippen molar-refractivity contribution in [2.75, 3.05) is 0 Å². The molecule has 12 heavy (non-hydrogen) atoms. The highest BCUT2D eigenvalue weighted by Gasteiger charge is 2.37. The van der Waals surface area contributed by atoms with Crippen LogP contribution in [0.3, 0.4) is 0 Å². The number of hydrogen-bond acceptors (Lipinski definition) is 3. The van der Waals surface area contributed by atoms with Gasteiger partial charge >= 0.3 is 6.18 Å². The molecule has 0 bridgehead atoms. The summed E-state index contributed by atoms with van der Waals surface area (Å²) in [7, 11) is 1.23. The number of halogens is 3. The molecule has 0 aliphatic heterocycles. The second kappa shape index (κ2) is 2.74. The molecule has 1 heterocycles. The highest BCUT2D eigenvalue weighted by molar-refractivity contribution is 4.97. The van der Waals surface area contributed by atoms with Crippen LogP contribution >= 0.6 is 0 Å². The standard InChI is InChI=1S/C5H7F3N4/c1-12-3(2-9)10-11-4(12)5(6,7)8/h2,9H2,1H3. The van der Waals surface area contributed by atoms with Gasteiger partial charge < -0.3 is 10.3 Å². The van der Waals surface area contributed by atoms with Crippen LogP contribution in [0.1, 0.15) is 11.6 Å². The van der Waals surface area contributed by atoms with Crippen molar-refractivity contribution in [1.29, 1.82) is 0 Å². The van der Waals surface area contributed by atoms with Crippen molar-refractivity contribution in [1.82, 2.24) is 14.8 Å². The van der Waals surface area contributed by atoms with Gasteiger partial charge in [0.15, 0.2) is 0 Å². The van der Waals surface area contributed by atoms with Gasteiger partial charge in [0.05, 0.1) is 6.54 Å². The molecular formula is C5H7F3N4. The molecule has 0 fully saturated rings. The monoisotopic (exact) mass is 180 g/mol. The van der Waals surface area contributed by atoms with Gasteiger partial charge in [-0.15, -0.1) is 10.2 Å². The average molecular weight is 180 g/mol. The molecule has 0 aliphatic rings. The van der Waals surface area contributed by atoms with Crippen LogP contribution in [0.25, 0.3) is 0 Å². The Hall–Kier alpha value is -1.11. The molecular weight excluding hydrogens is 173 g/mol. The second-order valence-electron chi connectivity index (χ2n) is 2.20. The van der Waals surface area contributed by atoms with Crippen LogP contribution in [-0.2, 0) is 19.8 Å². The molecule has 1 aromatic heterocycles. The third-order valence-electron chi connectivity index (χ3n) is 1.40. The third-order valence-corrected chi connectivity index (χ3v) is 1.40. The summed E-state index contributed by atoms with van der Waals surface area (Å²) in [5, 5.41) is 6.23. The van der Waals surface area contributed by atoms with Crippen molar-refractivity contribution < 1.29 is 13.2 Å². The second-order valence-corrected chi connectivity index (χ2v) is 2.20. The minimum atomic E-state index is -4.46. The highest BCUT2D eigenvalue weighted by Crippen LogP contribution is 2.27. The van der Waals surface area contributed by atoms with E-state index in [0.717, 1.165) is 4.57 Å². The van der Waals surface area contributed by atoms with Gasteiger partial charge in [-0.2, -0.15) is 13.2 Å². The first kappa shape index (κ1) is 8.98. The van der Waals surface area contributed by atoms with E-state index in [2.05, 4.69) is 10.2 Å². The lowest BCUT2D eigenvalue weighted by atomic mass is 10.5. The maximum absolute atomic E-state index is 12.0. The summed E-state index contributed by atoms with van der Waals surface area (Å²) in [5.74, 6) is -0.912. The Morgan fingerprint density at radius 2 is 2.00 bits per heavy atom. The summed E-state index contributed by atoms with van der Waals surface area (Å²) in [6, 6.07) is 0. The van der Waals surface area contributed by atoms with Gasteiger partial charge in [-0.25, -0.2) is 0 Å². The van der Waals surface area contributed by atoms with Crippen LogP contribution in [0.4, 0.5) is 13.2 Å². The predicted molar refractivity (Wildman–Crippen MR) is 33.9 cm³/mol. The van der Waals surface area contributed by atoms with Crippen molar-refractivity contribution in [3.05, 3.63) is 11.6 Å². The quantitative estimate of drug-likeness (QED) is 0.675. The SMILES string of the molecule is Cn1c(CN)nnc1C(F)(F)F. The summed E-state index contributed by atoms with van der Waals surface area (Å²) >= 11 is 0.